The van der Waals surface area contributed by atoms with Crippen LogP contribution in [0.4, 0.5) is 0 Å². The molecule has 1 rings (SSSR count). The fourth-order valence-corrected chi connectivity index (χ4v) is 1.14. The first-order chi connectivity index (χ1) is 4.68. The van der Waals surface area contributed by atoms with E-state index in [4.69, 9.17) is 5.73 Å². The van der Waals surface area contributed by atoms with E-state index in [0.29, 0.717) is 6.54 Å². The largest absolute Gasteiger partial charge is 0.369 e. The third kappa shape index (κ3) is 3.69. The van der Waals surface area contributed by atoms with Crippen LogP contribution < -0.4 is 5.73 Å². The Labute approximate surface area is 77.1 Å². The van der Waals surface area contributed by atoms with E-state index < -0.39 is 0 Å². The number of halogens is 1. The molecule has 1 heterocycles. The predicted molar refractivity (Wildman–Crippen MR) is 48.6 cm³/mol. The molecule has 0 aromatic heterocycles. The van der Waals surface area contributed by atoms with Crippen molar-refractivity contribution in [2.24, 2.45) is 5.73 Å². The number of likely N-dealkylation sites (N-methyl/N-ethyl adjacent to an activating group) is 1. The molecule has 0 bridgehead atoms. The van der Waals surface area contributed by atoms with E-state index >= 15 is 0 Å². The van der Waals surface area contributed by atoms with Gasteiger partial charge in [-0.05, 0) is 7.05 Å². The van der Waals surface area contributed by atoms with Crippen molar-refractivity contribution in [3.8, 4) is 0 Å². The average Bonchev–Trinajstić information content (AvgIpc) is 2.13. The Morgan fingerprint density at radius 1 is 1.55 bits per heavy atom. The Morgan fingerprint density at radius 3 is 2.55 bits per heavy atom. The minimum atomic E-state index is -0.240. The summed E-state index contributed by atoms with van der Waals surface area (Å²) in [6.45, 7) is 3.25. The molecule has 0 atom stereocenters. The van der Waals surface area contributed by atoms with E-state index in [1.54, 1.807) is 0 Å². The summed E-state index contributed by atoms with van der Waals surface area (Å²) in [4.78, 5) is 14.6. The molecule has 66 valence electrons. The summed E-state index contributed by atoms with van der Waals surface area (Å²) in [5.74, 6) is -0.240. The number of carbonyl (C=O) groups is 1. The topological polar surface area (TPSA) is 49.6 Å². The van der Waals surface area contributed by atoms with Gasteiger partial charge in [-0.2, -0.15) is 0 Å². The average molecular weight is 224 g/mol. The summed E-state index contributed by atoms with van der Waals surface area (Å²) in [7, 11) is 2.03. The number of hydrogen-bond donors (Lipinski definition) is 1. The van der Waals surface area contributed by atoms with E-state index in [2.05, 4.69) is 4.90 Å². The highest BCUT2D eigenvalue weighted by molar-refractivity contribution is 8.93. The van der Waals surface area contributed by atoms with Crippen molar-refractivity contribution in [3.63, 3.8) is 0 Å². The fraction of sp³-hybridized carbons (Fsp3) is 0.833. The first-order valence-electron chi connectivity index (χ1n) is 3.37. The van der Waals surface area contributed by atoms with E-state index in [0.717, 1.165) is 19.8 Å². The molecule has 0 aromatic rings. The molecule has 2 N–H and O–H groups in total. The highest BCUT2D eigenvalue weighted by Crippen LogP contribution is 1.99. The van der Waals surface area contributed by atoms with Gasteiger partial charge in [0, 0.05) is 13.1 Å². The van der Waals surface area contributed by atoms with E-state index in [9.17, 15) is 4.79 Å². The zero-order chi connectivity index (χ0) is 7.56. The van der Waals surface area contributed by atoms with Crippen LogP contribution in [0.2, 0.25) is 0 Å². The van der Waals surface area contributed by atoms with Crippen LogP contribution in [0.3, 0.4) is 0 Å². The second-order valence-electron chi connectivity index (χ2n) is 2.74. The van der Waals surface area contributed by atoms with Gasteiger partial charge in [-0.25, -0.2) is 0 Å². The molecule has 1 aliphatic rings. The second-order valence-corrected chi connectivity index (χ2v) is 2.74. The predicted octanol–water partition coefficient (Wildman–Crippen LogP) is -0.745. The zero-order valence-electron chi connectivity index (χ0n) is 6.62. The first kappa shape index (κ1) is 10.9. The fourth-order valence-electron chi connectivity index (χ4n) is 1.14. The van der Waals surface area contributed by atoms with Crippen LogP contribution in [0, 0.1) is 0 Å². The third-order valence-electron chi connectivity index (χ3n) is 1.62. The number of nitrogens with zero attached hydrogens (tertiary/aromatic N) is 2. The molecule has 1 saturated heterocycles. The van der Waals surface area contributed by atoms with Crippen molar-refractivity contribution < 1.29 is 4.79 Å². The summed E-state index contributed by atoms with van der Waals surface area (Å²) < 4.78 is 0. The lowest BCUT2D eigenvalue weighted by Gasteiger charge is -2.11. The summed E-state index contributed by atoms with van der Waals surface area (Å²) in [6.07, 6.45) is 0. The van der Waals surface area contributed by atoms with Gasteiger partial charge in [0.05, 0.1) is 13.2 Å². The van der Waals surface area contributed by atoms with Crippen molar-refractivity contribution >= 4 is 22.9 Å². The quantitative estimate of drug-likeness (QED) is 0.671. The molecule has 0 unspecified atom stereocenters. The SMILES string of the molecule is Br.CN1CCN(CC(N)=O)C1. The minimum Gasteiger partial charge on any atom is -0.369 e. The summed E-state index contributed by atoms with van der Waals surface area (Å²) in [6, 6.07) is 0. The number of primary amides is 1. The van der Waals surface area contributed by atoms with Gasteiger partial charge in [-0.1, -0.05) is 0 Å². The second kappa shape index (κ2) is 4.69. The Bertz CT molecular complexity index is 142. The van der Waals surface area contributed by atoms with Gasteiger partial charge in [0.25, 0.3) is 0 Å². The number of carbonyl (C=O) groups excluding carboxylic acids is 1. The van der Waals surface area contributed by atoms with Crippen LogP contribution in [-0.4, -0.2) is 49.1 Å². The number of hydrogen-bond acceptors (Lipinski definition) is 3. The molecular weight excluding hydrogens is 210 g/mol. The molecule has 0 aromatic carbocycles. The van der Waals surface area contributed by atoms with Crippen LogP contribution in [0.15, 0.2) is 0 Å². The van der Waals surface area contributed by atoms with Crippen LogP contribution in [0.5, 0.6) is 0 Å². The highest BCUT2D eigenvalue weighted by Gasteiger charge is 2.16. The summed E-state index contributed by atoms with van der Waals surface area (Å²) in [5, 5.41) is 0. The van der Waals surface area contributed by atoms with Gasteiger partial charge in [0.15, 0.2) is 0 Å². The van der Waals surface area contributed by atoms with Crippen molar-refractivity contribution in [2.45, 2.75) is 0 Å². The smallest absolute Gasteiger partial charge is 0.231 e. The lowest BCUT2D eigenvalue weighted by molar-refractivity contribution is -0.119. The van der Waals surface area contributed by atoms with E-state index in [-0.39, 0.29) is 22.9 Å². The first-order valence-corrected chi connectivity index (χ1v) is 3.37. The van der Waals surface area contributed by atoms with Crippen LogP contribution >= 0.6 is 17.0 Å². The normalized spacial score (nSPS) is 19.7. The molecule has 0 spiro atoms. The molecule has 0 aliphatic carbocycles. The lowest BCUT2D eigenvalue weighted by atomic mass is 10.5. The lowest BCUT2D eigenvalue weighted by Crippen LogP contribution is -2.32. The van der Waals surface area contributed by atoms with E-state index in [1.807, 2.05) is 11.9 Å². The van der Waals surface area contributed by atoms with Crippen molar-refractivity contribution in [1.29, 1.82) is 0 Å². The van der Waals surface area contributed by atoms with Crippen LogP contribution in [0.1, 0.15) is 0 Å². The molecular formula is C6H14BrN3O. The molecule has 0 saturated carbocycles. The Morgan fingerprint density at radius 2 is 2.18 bits per heavy atom. The number of amides is 1. The third-order valence-corrected chi connectivity index (χ3v) is 1.62. The maximum atomic E-state index is 10.4. The molecule has 11 heavy (non-hydrogen) atoms. The standard InChI is InChI=1S/C6H13N3O.BrH/c1-8-2-3-9(5-8)4-6(7)10;/h2-5H2,1H3,(H2,7,10);1H. The van der Waals surface area contributed by atoms with Gasteiger partial charge in [-0.15, -0.1) is 17.0 Å². The van der Waals surface area contributed by atoms with Crippen molar-refractivity contribution in [1.82, 2.24) is 9.80 Å². The Kier molecular flexibility index (Phi) is 4.63. The number of nitrogens with two attached hydrogens (primary N) is 1. The molecule has 1 amide bonds. The molecule has 5 heteroatoms. The van der Waals surface area contributed by atoms with Crippen molar-refractivity contribution in [3.05, 3.63) is 0 Å². The van der Waals surface area contributed by atoms with E-state index in [1.165, 1.54) is 0 Å². The van der Waals surface area contributed by atoms with Gasteiger partial charge >= 0.3 is 0 Å². The van der Waals surface area contributed by atoms with Gasteiger partial charge < -0.3 is 5.73 Å². The Hall–Kier alpha value is -0.130. The van der Waals surface area contributed by atoms with Crippen molar-refractivity contribution in [2.75, 3.05) is 33.4 Å². The van der Waals surface area contributed by atoms with Gasteiger partial charge in [-0.3, -0.25) is 14.6 Å². The monoisotopic (exact) mass is 223 g/mol. The molecule has 1 fully saturated rings. The van der Waals surface area contributed by atoms with Gasteiger partial charge in [0.2, 0.25) is 5.91 Å². The highest BCUT2D eigenvalue weighted by atomic mass is 79.9. The zero-order valence-corrected chi connectivity index (χ0v) is 8.33. The molecule has 0 radical (unpaired) electrons. The van der Waals surface area contributed by atoms with Gasteiger partial charge in [0.1, 0.15) is 0 Å². The Balaban J connectivity index is 0.000001000. The number of rotatable bonds is 2. The molecule has 4 nitrogen and oxygen atoms in total. The summed E-state index contributed by atoms with van der Waals surface area (Å²) >= 11 is 0. The molecule has 1 aliphatic heterocycles. The van der Waals surface area contributed by atoms with Crippen LogP contribution in [0.25, 0.3) is 0 Å². The van der Waals surface area contributed by atoms with Crippen LogP contribution in [-0.2, 0) is 4.79 Å². The maximum Gasteiger partial charge on any atom is 0.231 e. The summed E-state index contributed by atoms with van der Waals surface area (Å²) in [5.41, 5.74) is 5.02. The maximum absolute atomic E-state index is 10.4. The minimum absolute atomic E-state index is 0.